The Hall–Kier alpha value is -1.99. The second kappa shape index (κ2) is 7.14. The second-order valence-electron chi connectivity index (χ2n) is 4.68. The molecule has 0 heterocycles. The van der Waals surface area contributed by atoms with E-state index in [2.05, 4.69) is 35.0 Å². The number of nitrogens with zero attached hydrogens (tertiary/aromatic N) is 1. The molecule has 0 aliphatic carbocycles. The number of ether oxygens (including phenoxy) is 2. The molecule has 0 amide bonds. The first-order valence-electron chi connectivity index (χ1n) is 6.53. The van der Waals surface area contributed by atoms with Crippen LogP contribution in [0.1, 0.15) is 22.3 Å². The molecule has 0 bridgehead atoms. The first-order chi connectivity index (χ1) is 10.2. The van der Waals surface area contributed by atoms with Crippen molar-refractivity contribution in [3.05, 3.63) is 58.7 Å². The van der Waals surface area contributed by atoms with Crippen molar-refractivity contribution in [2.24, 2.45) is 0 Å². The van der Waals surface area contributed by atoms with Crippen molar-refractivity contribution in [2.45, 2.75) is 18.9 Å². The van der Waals surface area contributed by atoms with Crippen LogP contribution in [0.15, 0.2) is 36.4 Å². The van der Waals surface area contributed by atoms with Crippen LogP contribution in [-0.2, 0) is 11.9 Å². The third-order valence-corrected chi connectivity index (χ3v) is 3.74. The maximum atomic E-state index is 9.09. The molecule has 0 fully saturated rings. The summed E-state index contributed by atoms with van der Waals surface area (Å²) >= 11 is 3.47. The van der Waals surface area contributed by atoms with Crippen molar-refractivity contribution in [1.29, 1.82) is 5.26 Å². The Morgan fingerprint density at radius 1 is 1.14 bits per heavy atom. The van der Waals surface area contributed by atoms with Crippen molar-refractivity contribution in [2.75, 3.05) is 7.11 Å². The first-order valence-corrected chi connectivity index (χ1v) is 7.65. The summed E-state index contributed by atoms with van der Waals surface area (Å²) < 4.78 is 11.0. The molecule has 4 heteroatoms. The third-order valence-electron chi connectivity index (χ3n) is 3.14. The lowest BCUT2D eigenvalue weighted by atomic mass is 10.1. The Morgan fingerprint density at radius 3 is 2.57 bits per heavy atom. The van der Waals surface area contributed by atoms with Gasteiger partial charge in [-0.3, -0.25) is 0 Å². The molecule has 0 radical (unpaired) electrons. The lowest BCUT2D eigenvalue weighted by molar-refractivity contribution is 0.303. The summed E-state index contributed by atoms with van der Waals surface area (Å²) in [4.78, 5) is 0. The van der Waals surface area contributed by atoms with Crippen molar-refractivity contribution < 1.29 is 9.47 Å². The first kappa shape index (κ1) is 15.4. The number of methoxy groups -OCH3 is 1. The number of hydrogen-bond donors (Lipinski definition) is 0. The lowest BCUT2D eigenvalue weighted by Crippen LogP contribution is -1.99. The van der Waals surface area contributed by atoms with Crippen molar-refractivity contribution >= 4 is 15.9 Å². The number of benzene rings is 2. The zero-order valence-corrected chi connectivity index (χ0v) is 13.6. The fourth-order valence-electron chi connectivity index (χ4n) is 2.05. The van der Waals surface area contributed by atoms with E-state index in [1.165, 1.54) is 5.56 Å². The topological polar surface area (TPSA) is 42.2 Å². The molecular weight excluding hydrogens is 330 g/mol. The minimum atomic E-state index is 0.418. The van der Waals surface area contributed by atoms with Gasteiger partial charge in [-0.2, -0.15) is 5.26 Å². The number of aryl methyl sites for hydroxylation is 1. The van der Waals surface area contributed by atoms with Crippen LogP contribution in [0.25, 0.3) is 0 Å². The lowest BCUT2D eigenvalue weighted by Gasteiger charge is -2.12. The van der Waals surface area contributed by atoms with Gasteiger partial charge in [0, 0.05) is 10.9 Å². The molecule has 0 aromatic heterocycles. The van der Waals surface area contributed by atoms with E-state index in [0.29, 0.717) is 17.9 Å². The fraction of sp³-hybridized carbons (Fsp3) is 0.235. The highest BCUT2D eigenvalue weighted by Gasteiger charge is 2.06. The summed E-state index contributed by atoms with van der Waals surface area (Å²) in [5.74, 6) is 1.43. The number of nitriles is 1. The quantitative estimate of drug-likeness (QED) is 0.756. The van der Waals surface area contributed by atoms with Gasteiger partial charge < -0.3 is 9.47 Å². The van der Waals surface area contributed by atoms with Crippen LogP contribution in [0.3, 0.4) is 0 Å². The molecule has 3 nitrogen and oxygen atoms in total. The molecule has 2 aromatic rings. The molecule has 0 spiro atoms. The monoisotopic (exact) mass is 345 g/mol. The maximum absolute atomic E-state index is 9.09. The molecule has 108 valence electrons. The highest BCUT2D eigenvalue weighted by molar-refractivity contribution is 9.08. The third kappa shape index (κ3) is 3.77. The van der Waals surface area contributed by atoms with Gasteiger partial charge in [-0.25, -0.2) is 0 Å². The average molecular weight is 346 g/mol. The van der Waals surface area contributed by atoms with Crippen molar-refractivity contribution in [1.82, 2.24) is 0 Å². The molecule has 2 rings (SSSR count). The maximum Gasteiger partial charge on any atom is 0.136 e. The average Bonchev–Trinajstić information content (AvgIpc) is 2.53. The summed E-state index contributed by atoms with van der Waals surface area (Å²) in [5.41, 5.74) is 3.77. The largest absolute Gasteiger partial charge is 0.495 e. The Balaban J connectivity index is 2.15. The smallest absolute Gasteiger partial charge is 0.136 e. The van der Waals surface area contributed by atoms with Gasteiger partial charge in [0.1, 0.15) is 24.2 Å². The molecule has 0 N–H and O–H groups in total. The van der Waals surface area contributed by atoms with E-state index < -0.39 is 0 Å². The number of hydrogen-bond acceptors (Lipinski definition) is 3. The summed E-state index contributed by atoms with van der Waals surface area (Å²) in [6, 6.07) is 13.7. The van der Waals surface area contributed by atoms with E-state index in [1.807, 2.05) is 18.2 Å². The molecule has 0 aliphatic rings. The van der Waals surface area contributed by atoms with Gasteiger partial charge in [0.15, 0.2) is 0 Å². The second-order valence-corrected chi connectivity index (χ2v) is 5.24. The number of halogens is 1. The van der Waals surface area contributed by atoms with E-state index in [1.54, 1.807) is 19.2 Å². The highest BCUT2D eigenvalue weighted by Crippen LogP contribution is 2.24. The van der Waals surface area contributed by atoms with Crippen LogP contribution in [0, 0.1) is 18.3 Å². The van der Waals surface area contributed by atoms with Crippen molar-refractivity contribution in [3.8, 4) is 17.6 Å². The fourth-order valence-corrected chi connectivity index (χ4v) is 2.49. The van der Waals surface area contributed by atoms with E-state index in [4.69, 9.17) is 14.7 Å². The van der Waals surface area contributed by atoms with Crippen LogP contribution in [0.5, 0.6) is 11.5 Å². The Bertz CT molecular complexity index is 677. The van der Waals surface area contributed by atoms with Gasteiger partial charge in [-0.15, -0.1) is 0 Å². The van der Waals surface area contributed by atoms with Gasteiger partial charge in [0.2, 0.25) is 0 Å². The molecule has 21 heavy (non-hydrogen) atoms. The van der Waals surface area contributed by atoms with Crippen LogP contribution in [-0.4, -0.2) is 7.11 Å². The summed E-state index contributed by atoms with van der Waals surface area (Å²) in [6.07, 6.45) is 0. The predicted molar refractivity (Wildman–Crippen MR) is 85.9 cm³/mol. The number of alkyl halides is 1. The van der Waals surface area contributed by atoms with Gasteiger partial charge in [0.25, 0.3) is 0 Å². The van der Waals surface area contributed by atoms with E-state index in [-0.39, 0.29) is 0 Å². The minimum absolute atomic E-state index is 0.418. The zero-order valence-electron chi connectivity index (χ0n) is 12.0. The normalized spacial score (nSPS) is 10.0. The number of rotatable bonds is 5. The molecule has 0 aliphatic heterocycles. The standard InChI is InChI=1S/C17H16BrNO2/c1-12-3-5-17(14(7-12)9-18)21-11-13-4-6-16(20-2)15(8-13)10-19/h3-8H,9,11H2,1-2H3. The molecule has 0 unspecified atom stereocenters. The van der Waals surface area contributed by atoms with Gasteiger partial charge in [-0.05, 0) is 30.7 Å². The summed E-state index contributed by atoms with van der Waals surface area (Å²) in [7, 11) is 1.56. The Kier molecular flexibility index (Phi) is 5.24. The molecule has 2 aromatic carbocycles. The zero-order chi connectivity index (χ0) is 15.2. The highest BCUT2D eigenvalue weighted by atomic mass is 79.9. The molecule has 0 saturated heterocycles. The SMILES string of the molecule is COc1ccc(COc2ccc(C)cc2CBr)cc1C#N. The van der Waals surface area contributed by atoms with E-state index >= 15 is 0 Å². The molecule has 0 atom stereocenters. The summed E-state index contributed by atoms with van der Waals surface area (Å²) in [6.45, 7) is 2.47. The van der Waals surface area contributed by atoms with E-state index in [9.17, 15) is 0 Å². The predicted octanol–water partition coefficient (Wildman–Crippen LogP) is 4.35. The molecular formula is C17H16BrNO2. The molecule has 0 saturated carbocycles. The van der Waals surface area contributed by atoms with Crippen LogP contribution in [0.4, 0.5) is 0 Å². The van der Waals surface area contributed by atoms with Crippen LogP contribution in [0.2, 0.25) is 0 Å². The van der Waals surface area contributed by atoms with Gasteiger partial charge in [0.05, 0.1) is 12.7 Å². The minimum Gasteiger partial charge on any atom is -0.495 e. The Morgan fingerprint density at radius 2 is 1.90 bits per heavy atom. The van der Waals surface area contributed by atoms with E-state index in [0.717, 1.165) is 22.2 Å². The van der Waals surface area contributed by atoms with Gasteiger partial charge in [-0.1, -0.05) is 39.7 Å². The summed E-state index contributed by atoms with van der Waals surface area (Å²) in [5, 5.41) is 9.84. The van der Waals surface area contributed by atoms with Crippen LogP contribution < -0.4 is 9.47 Å². The van der Waals surface area contributed by atoms with Crippen LogP contribution >= 0.6 is 15.9 Å². The van der Waals surface area contributed by atoms with Gasteiger partial charge >= 0.3 is 0 Å². The van der Waals surface area contributed by atoms with Crippen molar-refractivity contribution in [3.63, 3.8) is 0 Å². The Labute approximate surface area is 133 Å².